The average Bonchev–Trinajstić information content (AvgIpc) is 2.82. The summed E-state index contributed by atoms with van der Waals surface area (Å²) >= 11 is 0. The van der Waals surface area contributed by atoms with Gasteiger partial charge in [0.1, 0.15) is 6.04 Å². The van der Waals surface area contributed by atoms with E-state index in [9.17, 15) is 4.79 Å². The van der Waals surface area contributed by atoms with Gasteiger partial charge in [-0.2, -0.15) is 0 Å². The molecule has 0 aliphatic carbocycles. The molecule has 1 aromatic heterocycles. The summed E-state index contributed by atoms with van der Waals surface area (Å²) in [5, 5.41) is 8.77. The smallest absolute Gasteiger partial charge is 0.320 e. The van der Waals surface area contributed by atoms with E-state index in [4.69, 9.17) is 10.8 Å². The number of aliphatic carboxylic acids is 1. The number of carbonyl (C=O) groups is 1. The normalized spacial score (nSPS) is 12.3. The van der Waals surface area contributed by atoms with Crippen LogP contribution in [0.2, 0.25) is 0 Å². The topological polar surface area (TPSA) is 68.2 Å². The highest BCUT2D eigenvalue weighted by molar-refractivity contribution is 5.73. The van der Waals surface area contributed by atoms with Crippen LogP contribution in [0.5, 0.6) is 0 Å². The molecule has 88 valence electrons. The standard InChI is InChI=1S/C13H14N2O2/c14-12(13(16)17)9-10-4-3-5-11(8-10)15-6-1-2-7-15/h1-8,12H,9,14H2,(H,16,17). The Morgan fingerprint density at radius 3 is 2.65 bits per heavy atom. The second-order valence-corrected chi connectivity index (χ2v) is 3.91. The molecule has 0 saturated heterocycles. The van der Waals surface area contributed by atoms with Crippen molar-refractivity contribution in [2.75, 3.05) is 0 Å². The highest BCUT2D eigenvalue weighted by Gasteiger charge is 2.12. The van der Waals surface area contributed by atoms with E-state index in [1.165, 1.54) is 0 Å². The molecule has 0 radical (unpaired) electrons. The fourth-order valence-electron chi connectivity index (χ4n) is 1.69. The fraction of sp³-hybridized carbons (Fsp3) is 0.154. The zero-order valence-electron chi connectivity index (χ0n) is 9.28. The van der Waals surface area contributed by atoms with Gasteiger partial charge in [0, 0.05) is 18.1 Å². The maximum absolute atomic E-state index is 10.7. The van der Waals surface area contributed by atoms with Crippen molar-refractivity contribution >= 4 is 5.97 Å². The van der Waals surface area contributed by atoms with Gasteiger partial charge in [-0.15, -0.1) is 0 Å². The predicted molar refractivity (Wildman–Crippen MR) is 65.1 cm³/mol. The lowest BCUT2D eigenvalue weighted by molar-refractivity contribution is -0.138. The van der Waals surface area contributed by atoms with Crippen molar-refractivity contribution in [1.29, 1.82) is 0 Å². The summed E-state index contributed by atoms with van der Waals surface area (Å²) in [4.78, 5) is 10.7. The maximum Gasteiger partial charge on any atom is 0.320 e. The van der Waals surface area contributed by atoms with Gasteiger partial charge >= 0.3 is 5.97 Å². The Morgan fingerprint density at radius 2 is 2.00 bits per heavy atom. The summed E-state index contributed by atoms with van der Waals surface area (Å²) in [5.41, 5.74) is 7.44. The van der Waals surface area contributed by atoms with Crippen LogP contribution in [-0.4, -0.2) is 21.7 Å². The molecule has 3 N–H and O–H groups in total. The second-order valence-electron chi connectivity index (χ2n) is 3.91. The molecule has 0 amide bonds. The van der Waals surface area contributed by atoms with E-state index in [1.54, 1.807) is 0 Å². The van der Waals surface area contributed by atoms with Crippen molar-refractivity contribution in [3.05, 3.63) is 54.4 Å². The SMILES string of the molecule is NC(Cc1cccc(-n2cccc2)c1)C(=O)O. The number of rotatable bonds is 4. The third kappa shape index (κ3) is 2.73. The van der Waals surface area contributed by atoms with Gasteiger partial charge < -0.3 is 15.4 Å². The third-order valence-electron chi connectivity index (χ3n) is 2.59. The largest absolute Gasteiger partial charge is 0.480 e. The minimum absolute atomic E-state index is 0.338. The molecule has 1 atom stereocenters. The Labute approximate surface area is 99.3 Å². The quantitative estimate of drug-likeness (QED) is 0.834. The molecule has 2 aromatic rings. The second kappa shape index (κ2) is 4.84. The van der Waals surface area contributed by atoms with Crippen LogP contribution in [0.15, 0.2) is 48.8 Å². The van der Waals surface area contributed by atoms with Gasteiger partial charge in [0.15, 0.2) is 0 Å². The molecule has 4 nitrogen and oxygen atoms in total. The van der Waals surface area contributed by atoms with E-state index in [-0.39, 0.29) is 0 Å². The van der Waals surface area contributed by atoms with E-state index >= 15 is 0 Å². The predicted octanol–water partition coefficient (Wildman–Crippen LogP) is 1.43. The lowest BCUT2D eigenvalue weighted by Crippen LogP contribution is -2.32. The van der Waals surface area contributed by atoms with Gasteiger partial charge in [0.25, 0.3) is 0 Å². The first-order valence-electron chi connectivity index (χ1n) is 5.37. The number of hydrogen-bond donors (Lipinski definition) is 2. The summed E-state index contributed by atoms with van der Waals surface area (Å²) < 4.78 is 1.97. The molecule has 1 unspecified atom stereocenters. The molecule has 1 aromatic carbocycles. The van der Waals surface area contributed by atoms with Gasteiger partial charge in [0.05, 0.1) is 0 Å². The number of aromatic nitrogens is 1. The number of carboxylic acids is 1. The first-order valence-corrected chi connectivity index (χ1v) is 5.37. The van der Waals surface area contributed by atoms with E-state index in [0.29, 0.717) is 6.42 Å². The summed E-state index contributed by atoms with van der Waals surface area (Å²) in [6.07, 6.45) is 4.22. The summed E-state index contributed by atoms with van der Waals surface area (Å²) in [7, 11) is 0. The highest BCUT2D eigenvalue weighted by atomic mass is 16.4. The Morgan fingerprint density at radius 1 is 1.29 bits per heavy atom. The summed E-state index contributed by atoms with van der Waals surface area (Å²) in [6, 6.07) is 10.7. The molecule has 0 aliphatic rings. The van der Waals surface area contributed by atoms with Crippen molar-refractivity contribution in [3.8, 4) is 5.69 Å². The first-order chi connectivity index (χ1) is 8.16. The molecule has 0 fully saturated rings. The van der Waals surface area contributed by atoms with E-state index in [0.717, 1.165) is 11.3 Å². The number of hydrogen-bond acceptors (Lipinski definition) is 2. The van der Waals surface area contributed by atoms with Crippen LogP contribution < -0.4 is 5.73 Å². The molecular weight excluding hydrogens is 216 g/mol. The molecule has 2 rings (SSSR count). The Hall–Kier alpha value is -2.07. The van der Waals surface area contributed by atoms with Crippen LogP contribution in [0.25, 0.3) is 5.69 Å². The lowest BCUT2D eigenvalue weighted by atomic mass is 10.1. The van der Waals surface area contributed by atoms with E-state index in [1.807, 2.05) is 53.4 Å². The molecule has 1 heterocycles. The van der Waals surface area contributed by atoms with E-state index in [2.05, 4.69) is 0 Å². The fourth-order valence-corrected chi connectivity index (χ4v) is 1.69. The van der Waals surface area contributed by atoms with Gasteiger partial charge in [-0.05, 0) is 36.2 Å². The minimum Gasteiger partial charge on any atom is -0.480 e. The molecular formula is C13H14N2O2. The van der Waals surface area contributed by atoms with Crippen molar-refractivity contribution in [3.63, 3.8) is 0 Å². The van der Waals surface area contributed by atoms with Crippen molar-refractivity contribution in [2.45, 2.75) is 12.5 Å². The van der Waals surface area contributed by atoms with Crippen LogP contribution in [0.3, 0.4) is 0 Å². The molecule has 0 bridgehead atoms. The van der Waals surface area contributed by atoms with Crippen LogP contribution in [-0.2, 0) is 11.2 Å². The van der Waals surface area contributed by atoms with Gasteiger partial charge in [-0.1, -0.05) is 12.1 Å². The first kappa shape index (κ1) is 11.4. The van der Waals surface area contributed by atoms with Crippen molar-refractivity contribution in [2.24, 2.45) is 5.73 Å². The Balaban J connectivity index is 2.20. The average molecular weight is 230 g/mol. The molecule has 0 aliphatic heterocycles. The molecule has 0 saturated carbocycles. The number of benzene rings is 1. The maximum atomic E-state index is 10.7. The zero-order valence-corrected chi connectivity index (χ0v) is 9.28. The Kier molecular flexibility index (Phi) is 3.25. The summed E-state index contributed by atoms with van der Waals surface area (Å²) in [5.74, 6) is -0.976. The molecule has 0 spiro atoms. The lowest BCUT2D eigenvalue weighted by Gasteiger charge is -2.09. The van der Waals surface area contributed by atoms with Crippen LogP contribution >= 0.6 is 0 Å². The number of nitrogens with two attached hydrogens (primary N) is 1. The number of nitrogens with zero attached hydrogens (tertiary/aromatic N) is 1. The van der Waals surface area contributed by atoms with Crippen LogP contribution in [0.1, 0.15) is 5.56 Å². The van der Waals surface area contributed by atoms with Crippen LogP contribution in [0, 0.1) is 0 Å². The number of carboxylic acid groups (broad SMARTS) is 1. The molecule has 4 heteroatoms. The highest BCUT2D eigenvalue weighted by Crippen LogP contribution is 2.12. The van der Waals surface area contributed by atoms with Crippen molar-refractivity contribution in [1.82, 2.24) is 4.57 Å². The monoisotopic (exact) mass is 230 g/mol. The van der Waals surface area contributed by atoms with Gasteiger partial charge in [0.2, 0.25) is 0 Å². The summed E-state index contributed by atoms with van der Waals surface area (Å²) in [6.45, 7) is 0. The zero-order chi connectivity index (χ0) is 12.3. The van der Waals surface area contributed by atoms with Crippen molar-refractivity contribution < 1.29 is 9.90 Å². The third-order valence-corrected chi connectivity index (χ3v) is 2.59. The Bertz CT molecular complexity index is 506. The molecule has 17 heavy (non-hydrogen) atoms. The minimum atomic E-state index is -0.976. The van der Waals surface area contributed by atoms with E-state index < -0.39 is 12.0 Å². The van der Waals surface area contributed by atoms with Gasteiger partial charge in [-0.25, -0.2) is 0 Å². The van der Waals surface area contributed by atoms with Crippen LogP contribution in [0.4, 0.5) is 0 Å². The van der Waals surface area contributed by atoms with Gasteiger partial charge in [-0.3, -0.25) is 4.79 Å².